The van der Waals surface area contributed by atoms with Gasteiger partial charge in [-0.05, 0) is 18.8 Å². The lowest BCUT2D eigenvalue weighted by Crippen LogP contribution is -2.44. The first-order valence-corrected chi connectivity index (χ1v) is 10.1. The number of rotatable bonds is 7. The number of sulfone groups is 1. The lowest BCUT2D eigenvalue weighted by molar-refractivity contribution is -0.137. The summed E-state index contributed by atoms with van der Waals surface area (Å²) >= 11 is 0. The number of carbonyl (C=O) groups is 2. The fourth-order valence-electron chi connectivity index (χ4n) is 3.28. The molecule has 1 fully saturated rings. The maximum absolute atomic E-state index is 12.9. The van der Waals surface area contributed by atoms with Crippen molar-refractivity contribution in [3.63, 3.8) is 0 Å². The molecule has 1 aliphatic carbocycles. The molecule has 9 heteroatoms. The molecule has 2 rings (SSSR count). The highest BCUT2D eigenvalue weighted by Gasteiger charge is 2.41. The van der Waals surface area contributed by atoms with E-state index in [9.17, 15) is 18.0 Å². The summed E-state index contributed by atoms with van der Waals surface area (Å²) < 4.78 is 27.1. The molecule has 0 radical (unpaired) electrons. The van der Waals surface area contributed by atoms with E-state index >= 15 is 0 Å². The van der Waals surface area contributed by atoms with Crippen molar-refractivity contribution in [2.75, 3.05) is 5.32 Å². The largest absolute Gasteiger partial charge is 0.480 e. The van der Waals surface area contributed by atoms with Crippen LogP contribution >= 0.6 is 0 Å². The Bertz CT molecular complexity index is 720. The highest BCUT2D eigenvalue weighted by Crippen LogP contribution is 2.29. The van der Waals surface area contributed by atoms with Crippen molar-refractivity contribution in [2.45, 2.75) is 63.0 Å². The second-order valence-corrected chi connectivity index (χ2v) is 9.15. The van der Waals surface area contributed by atoms with E-state index in [1.54, 1.807) is 13.8 Å². The van der Waals surface area contributed by atoms with Gasteiger partial charge < -0.3 is 10.4 Å². The molecule has 1 saturated carbocycles. The molecule has 1 unspecified atom stereocenters. The van der Waals surface area contributed by atoms with E-state index in [2.05, 4.69) is 10.4 Å². The average Bonchev–Trinajstić information content (AvgIpc) is 2.93. The minimum absolute atomic E-state index is 0.149. The molecule has 25 heavy (non-hydrogen) atoms. The number of anilines is 1. The zero-order chi connectivity index (χ0) is 18.6. The van der Waals surface area contributed by atoms with Crippen molar-refractivity contribution < 1.29 is 23.1 Å². The van der Waals surface area contributed by atoms with Gasteiger partial charge in [0.05, 0.1) is 5.25 Å². The number of nitrogens with one attached hydrogen (secondary N) is 1. The van der Waals surface area contributed by atoms with E-state index < -0.39 is 32.2 Å². The molecule has 0 aromatic carbocycles. The Kier molecular flexibility index (Phi) is 6.21. The zero-order valence-corrected chi connectivity index (χ0v) is 15.3. The molecule has 1 aromatic rings. The van der Waals surface area contributed by atoms with Crippen molar-refractivity contribution in [2.24, 2.45) is 5.92 Å². The molecular formula is C16H25N3O5S. The second kappa shape index (κ2) is 7.99. The lowest BCUT2D eigenvalue weighted by atomic mass is 10.0. The van der Waals surface area contributed by atoms with Gasteiger partial charge in [-0.2, -0.15) is 5.10 Å². The fraction of sp³-hybridized carbons (Fsp3) is 0.688. The van der Waals surface area contributed by atoms with Crippen LogP contribution in [0.15, 0.2) is 12.3 Å². The number of hydrogen-bond donors (Lipinski definition) is 2. The molecule has 0 saturated heterocycles. The Morgan fingerprint density at radius 2 is 1.96 bits per heavy atom. The summed E-state index contributed by atoms with van der Waals surface area (Å²) in [4.78, 5) is 23.3. The molecule has 8 nitrogen and oxygen atoms in total. The molecule has 1 aliphatic rings. The first-order chi connectivity index (χ1) is 11.7. The summed E-state index contributed by atoms with van der Waals surface area (Å²) in [7, 11) is -3.60. The van der Waals surface area contributed by atoms with Crippen LogP contribution in [0.25, 0.3) is 0 Å². The second-order valence-electron chi connectivity index (χ2n) is 6.80. The highest BCUT2D eigenvalue weighted by molar-refractivity contribution is 7.93. The van der Waals surface area contributed by atoms with Gasteiger partial charge in [-0.1, -0.05) is 33.1 Å². The van der Waals surface area contributed by atoms with Crippen LogP contribution in [0.5, 0.6) is 0 Å². The summed E-state index contributed by atoms with van der Waals surface area (Å²) in [5.41, 5.74) is 0. The van der Waals surface area contributed by atoms with Gasteiger partial charge in [-0.25, -0.2) is 8.42 Å². The van der Waals surface area contributed by atoms with Crippen molar-refractivity contribution in [1.82, 2.24) is 9.78 Å². The van der Waals surface area contributed by atoms with Crippen molar-refractivity contribution in [3.8, 4) is 0 Å². The van der Waals surface area contributed by atoms with Crippen LogP contribution in [0.1, 0.15) is 46.0 Å². The predicted octanol–water partition coefficient (Wildman–Crippen LogP) is 1.68. The number of carbonyl (C=O) groups excluding carboxylic acids is 1. The maximum Gasteiger partial charge on any atom is 0.325 e. The fourth-order valence-corrected chi connectivity index (χ4v) is 5.81. The third-order valence-corrected chi connectivity index (χ3v) is 7.29. The molecule has 140 valence electrons. The molecule has 0 aliphatic heterocycles. The van der Waals surface area contributed by atoms with Gasteiger partial charge in [-0.3, -0.25) is 14.3 Å². The van der Waals surface area contributed by atoms with Crippen LogP contribution in [0.2, 0.25) is 0 Å². The maximum atomic E-state index is 12.9. The number of nitrogens with zero attached hydrogens (tertiary/aromatic N) is 2. The monoisotopic (exact) mass is 371 g/mol. The van der Waals surface area contributed by atoms with Crippen molar-refractivity contribution in [3.05, 3.63) is 12.3 Å². The van der Waals surface area contributed by atoms with E-state index in [-0.39, 0.29) is 18.3 Å². The topological polar surface area (TPSA) is 118 Å². The van der Waals surface area contributed by atoms with E-state index in [1.165, 1.54) is 12.3 Å². The van der Waals surface area contributed by atoms with Gasteiger partial charge in [0.25, 0.3) is 0 Å². The molecule has 0 spiro atoms. The predicted molar refractivity (Wildman–Crippen MR) is 92.9 cm³/mol. The SMILES string of the molecule is CC(C)C(C(=O)Nc1ccn(CC(=O)O)n1)S(=O)(=O)C1CCCCC1. The van der Waals surface area contributed by atoms with Crippen LogP contribution in [0.4, 0.5) is 5.82 Å². The van der Waals surface area contributed by atoms with Gasteiger partial charge in [0, 0.05) is 12.3 Å². The van der Waals surface area contributed by atoms with Crippen LogP contribution in [0.3, 0.4) is 0 Å². The molecular weight excluding hydrogens is 346 g/mol. The summed E-state index contributed by atoms with van der Waals surface area (Å²) in [6, 6.07) is 1.45. The van der Waals surface area contributed by atoms with E-state index in [0.29, 0.717) is 12.8 Å². The smallest absolute Gasteiger partial charge is 0.325 e. The van der Waals surface area contributed by atoms with Crippen molar-refractivity contribution in [1.29, 1.82) is 0 Å². The molecule has 1 amide bonds. The molecule has 1 atom stereocenters. The summed E-state index contributed by atoms with van der Waals surface area (Å²) in [6.45, 7) is 3.10. The Morgan fingerprint density at radius 1 is 1.32 bits per heavy atom. The molecule has 2 N–H and O–H groups in total. The summed E-state index contributed by atoms with van der Waals surface area (Å²) in [5.74, 6) is -1.88. The summed E-state index contributed by atoms with van der Waals surface area (Å²) in [5, 5.41) is 13.6. The minimum Gasteiger partial charge on any atom is -0.480 e. The van der Waals surface area contributed by atoms with Gasteiger partial charge in [0.15, 0.2) is 15.7 Å². The van der Waals surface area contributed by atoms with Gasteiger partial charge in [-0.15, -0.1) is 0 Å². The van der Waals surface area contributed by atoms with Gasteiger partial charge in [0.2, 0.25) is 5.91 Å². The molecule has 0 bridgehead atoms. The third-order valence-electron chi connectivity index (χ3n) is 4.42. The quantitative estimate of drug-likeness (QED) is 0.753. The first kappa shape index (κ1) is 19.4. The van der Waals surface area contributed by atoms with Crippen LogP contribution in [0, 0.1) is 5.92 Å². The van der Waals surface area contributed by atoms with Gasteiger partial charge in [0.1, 0.15) is 11.8 Å². The standard InChI is InChI=1S/C16H25N3O5S/c1-11(2)15(25(23,24)12-6-4-3-5-7-12)16(22)17-13-8-9-19(18-13)10-14(20)21/h8-9,11-12,15H,3-7,10H2,1-2H3,(H,20,21)(H,17,18,22). The van der Waals surface area contributed by atoms with Crippen LogP contribution < -0.4 is 5.32 Å². The first-order valence-electron chi connectivity index (χ1n) is 8.50. The lowest BCUT2D eigenvalue weighted by Gasteiger charge is -2.28. The number of carboxylic acids is 1. The van der Waals surface area contributed by atoms with E-state index in [4.69, 9.17) is 5.11 Å². The third kappa shape index (κ3) is 4.81. The van der Waals surface area contributed by atoms with Crippen molar-refractivity contribution >= 4 is 27.5 Å². The minimum atomic E-state index is -3.60. The van der Waals surface area contributed by atoms with E-state index in [1.807, 2.05) is 0 Å². The number of aromatic nitrogens is 2. The molecule has 1 aromatic heterocycles. The normalized spacial score (nSPS) is 17.4. The van der Waals surface area contributed by atoms with E-state index in [0.717, 1.165) is 23.9 Å². The average molecular weight is 371 g/mol. The van der Waals surface area contributed by atoms with Gasteiger partial charge >= 0.3 is 5.97 Å². The Morgan fingerprint density at radius 3 is 2.52 bits per heavy atom. The van der Waals surface area contributed by atoms with Crippen LogP contribution in [-0.4, -0.2) is 45.7 Å². The number of carboxylic acid groups (broad SMARTS) is 1. The zero-order valence-electron chi connectivity index (χ0n) is 14.5. The summed E-state index contributed by atoms with van der Waals surface area (Å²) in [6.07, 6.45) is 5.40. The number of amides is 1. The Labute approximate surface area is 147 Å². The van der Waals surface area contributed by atoms with Crippen LogP contribution in [-0.2, 0) is 26.0 Å². The number of aliphatic carboxylic acids is 1. The molecule has 1 heterocycles. The Hall–Kier alpha value is -1.90. The Balaban J connectivity index is 2.14. The number of hydrogen-bond acceptors (Lipinski definition) is 5. The highest BCUT2D eigenvalue weighted by atomic mass is 32.2.